The predicted molar refractivity (Wildman–Crippen MR) is 64.3 cm³/mol. The Morgan fingerprint density at radius 2 is 2.44 bits per heavy atom. The van der Waals surface area contributed by atoms with E-state index in [0.717, 1.165) is 10.7 Å². The topological polar surface area (TPSA) is 64.1 Å². The average Bonchev–Trinajstić information content (AvgIpc) is 2.84. The van der Waals surface area contributed by atoms with Gasteiger partial charge in [-0.3, -0.25) is 0 Å². The summed E-state index contributed by atoms with van der Waals surface area (Å²) in [7, 11) is 0. The molecule has 2 rings (SSSR count). The number of aliphatic hydroxyl groups is 1. The third kappa shape index (κ3) is 2.32. The lowest BCUT2D eigenvalue weighted by atomic mass is 10.2. The molecular weight excluding hydrogens is 222 g/mol. The molecule has 2 aromatic heterocycles. The van der Waals surface area contributed by atoms with Gasteiger partial charge < -0.3 is 15.4 Å². The van der Waals surface area contributed by atoms with E-state index in [-0.39, 0.29) is 6.04 Å². The van der Waals surface area contributed by atoms with Gasteiger partial charge in [-0.15, -0.1) is 11.3 Å². The lowest BCUT2D eigenvalue weighted by molar-refractivity contribution is 0.172. The molecule has 2 unspecified atom stereocenters. The van der Waals surface area contributed by atoms with E-state index < -0.39 is 6.10 Å². The molecule has 0 radical (unpaired) electrons. The summed E-state index contributed by atoms with van der Waals surface area (Å²) in [4.78, 5) is 5.34. The van der Waals surface area contributed by atoms with E-state index in [1.54, 1.807) is 24.5 Å². The first kappa shape index (κ1) is 11.3. The number of thiophene rings is 1. The number of aliphatic hydroxyl groups excluding tert-OH is 1. The Kier molecular flexibility index (Phi) is 3.38. The summed E-state index contributed by atoms with van der Waals surface area (Å²) >= 11 is 1.62. The van der Waals surface area contributed by atoms with Crippen molar-refractivity contribution in [3.05, 3.63) is 40.6 Å². The first-order valence-electron chi connectivity index (χ1n) is 5.16. The number of hydrogen-bond donors (Lipinski definition) is 2. The van der Waals surface area contributed by atoms with Crippen molar-refractivity contribution in [2.45, 2.75) is 25.6 Å². The Morgan fingerprint density at radius 3 is 3.06 bits per heavy atom. The van der Waals surface area contributed by atoms with E-state index in [4.69, 9.17) is 5.73 Å². The SMILES string of the molecule is CC(O)Cn1ccnc1C(N)c1cccs1. The Hall–Kier alpha value is -1.17. The second-order valence-corrected chi connectivity index (χ2v) is 4.76. The van der Waals surface area contributed by atoms with Gasteiger partial charge in [-0.1, -0.05) is 6.07 Å². The molecule has 4 nitrogen and oxygen atoms in total. The molecule has 0 fully saturated rings. The molecule has 16 heavy (non-hydrogen) atoms. The molecular formula is C11H15N3OS. The molecule has 0 aliphatic rings. The van der Waals surface area contributed by atoms with Crippen molar-refractivity contribution in [2.24, 2.45) is 5.73 Å². The van der Waals surface area contributed by atoms with Crippen LogP contribution in [0.25, 0.3) is 0 Å². The van der Waals surface area contributed by atoms with Crippen LogP contribution in [0.15, 0.2) is 29.9 Å². The minimum atomic E-state index is -0.400. The normalized spacial score (nSPS) is 14.9. The van der Waals surface area contributed by atoms with Crippen LogP contribution < -0.4 is 5.73 Å². The minimum absolute atomic E-state index is 0.214. The van der Waals surface area contributed by atoms with Crippen LogP contribution in [-0.4, -0.2) is 20.8 Å². The highest BCUT2D eigenvalue weighted by Crippen LogP contribution is 2.22. The van der Waals surface area contributed by atoms with Crippen molar-refractivity contribution >= 4 is 11.3 Å². The summed E-state index contributed by atoms with van der Waals surface area (Å²) in [6, 6.07) is 3.76. The minimum Gasteiger partial charge on any atom is -0.392 e. The van der Waals surface area contributed by atoms with E-state index >= 15 is 0 Å². The average molecular weight is 237 g/mol. The molecule has 86 valence electrons. The summed E-state index contributed by atoms with van der Waals surface area (Å²) in [5, 5.41) is 11.4. The standard InChI is InChI=1S/C11H15N3OS/c1-8(15)7-14-5-4-13-11(14)10(12)9-3-2-6-16-9/h2-6,8,10,15H,7,12H2,1H3. The first-order chi connectivity index (χ1) is 7.68. The van der Waals surface area contributed by atoms with E-state index in [2.05, 4.69) is 4.98 Å². The van der Waals surface area contributed by atoms with Gasteiger partial charge in [-0.2, -0.15) is 0 Å². The molecule has 3 N–H and O–H groups in total. The number of nitrogens with two attached hydrogens (primary N) is 1. The zero-order valence-electron chi connectivity index (χ0n) is 9.08. The maximum atomic E-state index is 9.37. The van der Waals surface area contributed by atoms with Gasteiger partial charge in [0.05, 0.1) is 12.1 Å². The molecule has 2 heterocycles. The van der Waals surface area contributed by atoms with Crippen LogP contribution in [0.2, 0.25) is 0 Å². The van der Waals surface area contributed by atoms with Crippen molar-refractivity contribution < 1.29 is 5.11 Å². The molecule has 0 saturated heterocycles. The molecule has 0 bridgehead atoms. The number of imidazole rings is 1. The molecule has 5 heteroatoms. The molecule has 0 aromatic carbocycles. The van der Waals surface area contributed by atoms with Gasteiger partial charge in [-0.25, -0.2) is 4.98 Å². The fourth-order valence-corrected chi connectivity index (χ4v) is 2.36. The van der Waals surface area contributed by atoms with Crippen LogP contribution in [0.5, 0.6) is 0 Å². The molecule has 0 aliphatic heterocycles. The van der Waals surface area contributed by atoms with Crippen LogP contribution in [-0.2, 0) is 6.54 Å². The fraction of sp³-hybridized carbons (Fsp3) is 0.364. The highest BCUT2D eigenvalue weighted by Gasteiger charge is 2.16. The molecule has 0 saturated carbocycles. The molecule has 2 aromatic rings. The summed E-state index contributed by atoms with van der Waals surface area (Å²) in [5.41, 5.74) is 6.13. The van der Waals surface area contributed by atoms with Crippen LogP contribution in [0.1, 0.15) is 23.7 Å². The lowest BCUT2D eigenvalue weighted by Gasteiger charge is -2.14. The second-order valence-electron chi connectivity index (χ2n) is 3.78. The van der Waals surface area contributed by atoms with Crippen molar-refractivity contribution in [1.82, 2.24) is 9.55 Å². The maximum Gasteiger partial charge on any atom is 0.131 e. The van der Waals surface area contributed by atoms with Gasteiger partial charge in [0.15, 0.2) is 0 Å². The lowest BCUT2D eigenvalue weighted by Crippen LogP contribution is -2.20. The van der Waals surface area contributed by atoms with Crippen molar-refractivity contribution in [3.8, 4) is 0 Å². The molecule has 0 spiro atoms. The fourth-order valence-electron chi connectivity index (χ4n) is 1.63. The summed E-state index contributed by atoms with van der Waals surface area (Å²) in [6.07, 6.45) is 3.16. The second kappa shape index (κ2) is 4.78. The first-order valence-corrected chi connectivity index (χ1v) is 6.04. The summed E-state index contributed by atoms with van der Waals surface area (Å²) in [5.74, 6) is 0.795. The van der Waals surface area contributed by atoms with Crippen molar-refractivity contribution in [2.75, 3.05) is 0 Å². The number of hydrogen-bond acceptors (Lipinski definition) is 4. The number of aromatic nitrogens is 2. The third-order valence-electron chi connectivity index (χ3n) is 2.34. The zero-order valence-corrected chi connectivity index (χ0v) is 9.89. The van der Waals surface area contributed by atoms with Gasteiger partial charge in [0.1, 0.15) is 5.82 Å². The van der Waals surface area contributed by atoms with Gasteiger partial charge in [0.25, 0.3) is 0 Å². The maximum absolute atomic E-state index is 9.37. The number of rotatable bonds is 4. The Labute approximate surface area is 98.4 Å². The van der Waals surface area contributed by atoms with Crippen LogP contribution in [0, 0.1) is 0 Å². The molecule has 2 atom stereocenters. The third-order valence-corrected chi connectivity index (χ3v) is 3.29. The van der Waals surface area contributed by atoms with Gasteiger partial charge in [-0.05, 0) is 18.4 Å². The summed E-state index contributed by atoms with van der Waals surface area (Å²) in [6.45, 7) is 2.27. The van der Waals surface area contributed by atoms with Crippen molar-refractivity contribution in [3.63, 3.8) is 0 Å². The van der Waals surface area contributed by atoms with Crippen molar-refractivity contribution in [1.29, 1.82) is 0 Å². The van der Waals surface area contributed by atoms with E-state index in [1.165, 1.54) is 0 Å². The van der Waals surface area contributed by atoms with Gasteiger partial charge in [0, 0.05) is 23.8 Å². The Morgan fingerprint density at radius 1 is 1.62 bits per heavy atom. The largest absolute Gasteiger partial charge is 0.392 e. The van der Waals surface area contributed by atoms with E-state index in [9.17, 15) is 5.11 Å². The number of nitrogens with zero attached hydrogens (tertiary/aromatic N) is 2. The zero-order chi connectivity index (χ0) is 11.5. The highest BCUT2D eigenvalue weighted by atomic mass is 32.1. The summed E-state index contributed by atoms with van der Waals surface area (Å²) < 4.78 is 1.90. The monoisotopic (exact) mass is 237 g/mol. The van der Waals surface area contributed by atoms with Gasteiger partial charge in [0.2, 0.25) is 0 Å². The Bertz CT molecular complexity index is 436. The van der Waals surface area contributed by atoms with Crippen LogP contribution in [0.3, 0.4) is 0 Å². The van der Waals surface area contributed by atoms with Crippen LogP contribution >= 0.6 is 11.3 Å². The smallest absolute Gasteiger partial charge is 0.131 e. The van der Waals surface area contributed by atoms with E-state index in [0.29, 0.717) is 6.54 Å². The van der Waals surface area contributed by atoms with Crippen LogP contribution in [0.4, 0.5) is 0 Å². The predicted octanol–water partition coefficient (Wildman–Crippen LogP) is 1.37. The molecule has 0 aliphatic carbocycles. The van der Waals surface area contributed by atoms with Gasteiger partial charge >= 0.3 is 0 Å². The quantitative estimate of drug-likeness (QED) is 0.844. The molecule has 0 amide bonds. The highest BCUT2D eigenvalue weighted by molar-refractivity contribution is 7.10. The Balaban J connectivity index is 2.23. The van der Waals surface area contributed by atoms with E-state index in [1.807, 2.05) is 28.3 Å².